The number of benzene rings is 2. The van der Waals surface area contributed by atoms with E-state index in [-0.39, 0.29) is 37.7 Å². The molecule has 3 aromatic rings. The number of hydrogen-bond acceptors (Lipinski definition) is 8. The Morgan fingerprint density at radius 2 is 1.97 bits per heavy atom. The molecule has 0 spiro atoms. The molecule has 2 heterocycles. The highest BCUT2D eigenvalue weighted by Crippen LogP contribution is 2.36. The van der Waals surface area contributed by atoms with Crippen molar-refractivity contribution in [1.29, 1.82) is 0 Å². The van der Waals surface area contributed by atoms with Crippen molar-refractivity contribution < 1.29 is 28.5 Å². The van der Waals surface area contributed by atoms with Crippen molar-refractivity contribution in [2.45, 2.75) is 0 Å². The average molecular weight is 548 g/mol. The van der Waals surface area contributed by atoms with E-state index in [4.69, 9.17) is 32.4 Å². The zero-order valence-electron chi connectivity index (χ0n) is 18.3. The third kappa shape index (κ3) is 5.38. The molecule has 1 aromatic heterocycles. The van der Waals surface area contributed by atoms with Crippen LogP contribution in [0.4, 0.5) is 16.2 Å². The molecular weight excluding hydrogens is 533 g/mol. The van der Waals surface area contributed by atoms with Crippen LogP contribution in [0.5, 0.6) is 5.75 Å². The molecule has 1 fully saturated rings. The number of nitro benzene ring substituents is 1. The second-order valence-corrected chi connectivity index (χ2v) is 9.12. The lowest BCUT2D eigenvalue weighted by molar-refractivity contribution is -0.384. The minimum atomic E-state index is -0.677. The molecule has 10 nitrogen and oxygen atoms in total. The number of halogens is 2. The topological polar surface area (TPSA) is 132 Å². The van der Waals surface area contributed by atoms with Gasteiger partial charge in [-0.25, -0.2) is 0 Å². The number of nitrogens with one attached hydrogen (secondary N) is 1. The Kier molecular flexibility index (Phi) is 7.34. The van der Waals surface area contributed by atoms with Crippen molar-refractivity contribution in [2.75, 3.05) is 19.0 Å². The molecule has 0 unspecified atom stereocenters. The van der Waals surface area contributed by atoms with E-state index in [0.717, 1.165) is 4.90 Å². The Morgan fingerprint density at radius 3 is 2.67 bits per heavy atom. The van der Waals surface area contributed by atoms with E-state index in [1.54, 1.807) is 12.1 Å². The lowest BCUT2D eigenvalue weighted by atomic mass is 10.1. The van der Waals surface area contributed by atoms with Crippen LogP contribution in [0.25, 0.3) is 17.4 Å². The first-order valence-electron chi connectivity index (χ1n) is 10.1. The van der Waals surface area contributed by atoms with Gasteiger partial charge in [-0.2, -0.15) is 0 Å². The molecule has 3 amide bonds. The minimum absolute atomic E-state index is 0.0341. The van der Waals surface area contributed by atoms with Gasteiger partial charge in [0.05, 0.1) is 27.5 Å². The second-order valence-electron chi connectivity index (χ2n) is 7.29. The highest BCUT2D eigenvalue weighted by atomic mass is 35.5. The maximum absolute atomic E-state index is 12.8. The maximum Gasteiger partial charge on any atom is 0.294 e. The molecule has 1 aliphatic rings. The summed E-state index contributed by atoms with van der Waals surface area (Å²) in [6.07, 6.45) is 1.33. The predicted molar refractivity (Wildman–Crippen MR) is 135 cm³/mol. The fourth-order valence-corrected chi connectivity index (χ4v) is 4.54. The van der Waals surface area contributed by atoms with Crippen molar-refractivity contribution >= 4 is 69.5 Å². The van der Waals surface area contributed by atoms with Crippen LogP contribution in [-0.2, 0) is 9.59 Å². The van der Waals surface area contributed by atoms with Crippen molar-refractivity contribution in [3.63, 3.8) is 0 Å². The Labute approximate surface area is 217 Å². The van der Waals surface area contributed by atoms with Crippen LogP contribution in [0.15, 0.2) is 57.9 Å². The van der Waals surface area contributed by atoms with Gasteiger partial charge in [0.2, 0.25) is 5.91 Å². The normalized spacial score (nSPS) is 14.4. The molecule has 0 aliphatic carbocycles. The summed E-state index contributed by atoms with van der Waals surface area (Å²) in [6.45, 7) is -0.508. The van der Waals surface area contributed by atoms with E-state index in [1.165, 1.54) is 49.6 Å². The molecule has 36 heavy (non-hydrogen) atoms. The maximum atomic E-state index is 12.8. The lowest BCUT2D eigenvalue weighted by Gasteiger charge is -2.13. The van der Waals surface area contributed by atoms with Crippen LogP contribution in [0.2, 0.25) is 10.0 Å². The van der Waals surface area contributed by atoms with E-state index in [2.05, 4.69) is 5.32 Å². The number of thioether (sulfide) groups is 1. The van der Waals surface area contributed by atoms with E-state index >= 15 is 0 Å². The first-order valence-corrected chi connectivity index (χ1v) is 11.7. The SMILES string of the molecule is COc1ccc(NC(=O)CN2C(=O)S/C(=C/c3ccc(-c4ccc(Cl)cc4[N+](=O)[O-])o3)C2=O)cc1Cl. The van der Waals surface area contributed by atoms with Crippen LogP contribution in [0.1, 0.15) is 5.76 Å². The Hall–Kier alpha value is -3.80. The van der Waals surface area contributed by atoms with Gasteiger partial charge < -0.3 is 14.5 Å². The average Bonchev–Trinajstić information content (AvgIpc) is 3.39. The van der Waals surface area contributed by atoms with Gasteiger partial charge in [-0.3, -0.25) is 29.4 Å². The molecule has 1 aliphatic heterocycles. The standard InChI is InChI=1S/C23H15Cl2N3O7S/c1-34-19-6-3-13(9-16(19)25)26-21(29)11-27-22(30)20(36-23(27)31)10-14-4-7-18(35-14)15-5-2-12(24)8-17(15)28(32)33/h2-10H,11H2,1H3,(H,26,29)/b20-10+. The number of hydrogen-bond donors (Lipinski definition) is 1. The molecular formula is C23H15Cl2N3O7S. The highest BCUT2D eigenvalue weighted by Gasteiger charge is 2.36. The number of nitro groups is 1. The summed E-state index contributed by atoms with van der Waals surface area (Å²) in [5.41, 5.74) is 0.327. The van der Waals surface area contributed by atoms with Crippen LogP contribution in [0.3, 0.4) is 0 Å². The second kappa shape index (κ2) is 10.4. The number of methoxy groups -OCH3 is 1. The lowest BCUT2D eigenvalue weighted by Crippen LogP contribution is -2.36. The van der Waals surface area contributed by atoms with Crippen molar-refractivity contribution in [1.82, 2.24) is 4.90 Å². The third-order valence-corrected chi connectivity index (χ3v) is 6.37. The Balaban J connectivity index is 1.47. The smallest absolute Gasteiger partial charge is 0.294 e. The summed E-state index contributed by atoms with van der Waals surface area (Å²) in [6, 6.07) is 11.8. The molecule has 0 radical (unpaired) electrons. The molecule has 0 atom stereocenters. The number of nitrogens with zero attached hydrogens (tertiary/aromatic N) is 2. The summed E-state index contributed by atoms with van der Waals surface area (Å²) in [4.78, 5) is 49.2. The number of amides is 3. The van der Waals surface area contributed by atoms with Gasteiger partial charge in [0, 0.05) is 22.9 Å². The fraction of sp³-hybridized carbons (Fsp3) is 0.0870. The monoisotopic (exact) mass is 547 g/mol. The van der Waals surface area contributed by atoms with Gasteiger partial charge in [0.25, 0.3) is 16.8 Å². The first kappa shape index (κ1) is 25.3. The molecule has 4 rings (SSSR count). The van der Waals surface area contributed by atoms with Gasteiger partial charge in [0.1, 0.15) is 23.8 Å². The number of furan rings is 1. The van der Waals surface area contributed by atoms with E-state index in [0.29, 0.717) is 23.2 Å². The first-order chi connectivity index (χ1) is 17.2. The van der Waals surface area contributed by atoms with Crippen molar-refractivity contribution in [2.24, 2.45) is 0 Å². The fourth-order valence-electron chi connectivity index (χ4n) is 3.29. The largest absolute Gasteiger partial charge is 0.495 e. The number of imide groups is 1. The molecule has 1 saturated heterocycles. The number of anilines is 1. The zero-order chi connectivity index (χ0) is 26.0. The summed E-state index contributed by atoms with van der Waals surface area (Å²) in [5, 5.41) is 13.8. The number of ether oxygens (including phenoxy) is 1. The van der Waals surface area contributed by atoms with Crippen LogP contribution < -0.4 is 10.1 Å². The van der Waals surface area contributed by atoms with Crippen molar-refractivity contribution in [3.8, 4) is 17.1 Å². The van der Waals surface area contributed by atoms with Gasteiger partial charge in [-0.15, -0.1) is 0 Å². The summed E-state index contributed by atoms with van der Waals surface area (Å²) in [5.74, 6) is -0.477. The number of carbonyl (C=O) groups excluding carboxylic acids is 3. The molecule has 0 bridgehead atoms. The Bertz CT molecular complexity index is 1440. The van der Waals surface area contributed by atoms with E-state index < -0.39 is 28.5 Å². The molecule has 1 N–H and O–H groups in total. The summed E-state index contributed by atoms with van der Waals surface area (Å²) in [7, 11) is 1.46. The van der Waals surface area contributed by atoms with Gasteiger partial charge >= 0.3 is 0 Å². The van der Waals surface area contributed by atoms with Crippen LogP contribution in [0, 0.1) is 10.1 Å². The van der Waals surface area contributed by atoms with Gasteiger partial charge in [-0.05, 0) is 54.2 Å². The number of rotatable bonds is 7. The predicted octanol–water partition coefficient (Wildman–Crippen LogP) is 5.85. The zero-order valence-corrected chi connectivity index (χ0v) is 20.6. The molecule has 184 valence electrons. The molecule has 0 saturated carbocycles. The van der Waals surface area contributed by atoms with E-state index in [1.807, 2.05) is 0 Å². The van der Waals surface area contributed by atoms with Gasteiger partial charge in [-0.1, -0.05) is 23.2 Å². The number of carbonyl (C=O) groups is 3. The summed E-state index contributed by atoms with van der Waals surface area (Å²) >= 11 is 12.5. The van der Waals surface area contributed by atoms with Crippen LogP contribution in [-0.4, -0.2) is 40.5 Å². The van der Waals surface area contributed by atoms with Crippen LogP contribution >= 0.6 is 35.0 Å². The quantitative estimate of drug-likeness (QED) is 0.221. The molecule has 2 aromatic carbocycles. The Morgan fingerprint density at radius 1 is 1.19 bits per heavy atom. The van der Waals surface area contributed by atoms with Gasteiger partial charge in [0.15, 0.2) is 0 Å². The minimum Gasteiger partial charge on any atom is -0.495 e. The van der Waals surface area contributed by atoms with Crippen molar-refractivity contribution in [3.05, 3.63) is 79.4 Å². The summed E-state index contributed by atoms with van der Waals surface area (Å²) < 4.78 is 10.7. The van der Waals surface area contributed by atoms with E-state index in [9.17, 15) is 24.5 Å². The highest BCUT2D eigenvalue weighted by molar-refractivity contribution is 8.18. The third-order valence-electron chi connectivity index (χ3n) is 4.93. The molecule has 13 heteroatoms.